The van der Waals surface area contributed by atoms with Gasteiger partial charge in [-0.1, -0.05) is 23.2 Å². The third kappa shape index (κ3) is 4.48. The molecule has 1 aromatic carbocycles. The minimum Gasteiger partial charge on any atom is -0.329 e. The maximum atomic E-state index is 6.07. The van der Waals surface area contributed by atoms with Crippen LogP contribution in [0.5, 0.6) is 0 Å². The van der Waals surface area contributed by atoms with Gasteiger partial charge in [0.1, 0.15) is 0 Å². The average Bonchev–Trinajstić information content (AvgIpc) is 2.22. The average molecular weight is 284 g/mol. The molecule has 0 aliphatic heterocycles. The molecule has 92 valence electrons. The van der Waals surface area contributed by atoms with Gasteiger partial charge in [-0.2, -0.15) is 0 Å². The van der Waals surface area contributed by atoms with Gasteiger partial charge >= 0.3 is 0 Å². The fraction of sp³-hybridized carbons (Fsp3) is 0.455. The van der Waals surface area contributed by atoms with Gasteiger partial charge in [0.2, 0.25) is 0 Å². The number of rotatable bonds is 4. The molecule has 1 atom stereocenters. The largest absolute Gasteiger partial charge is 0.329 e. The van der Waals surface area contributed by atoms with E-state index in [1.807, 2.05) is 19.2 Å². The Labute approximate surface area is 113 Å². The van der Waals surface area contributed by atoms with Crippen LogP contribution in [0.3, 0.4) is 0 Å². The van der Waals surface area contributed by atoms with Crippen molar-refractivity contribution in [2.24, 2.45) is 5.73 Å². The van der Waals surface area contributed by atoms with E-state index in [0.29, 0.717) is 17.6 Å². The molecule has 0 aliphatic carbocycles. The molecule has 1 rings (SSSR count). The zero-order valence-corrected chi connectivity index (χ0v) is 11.7. The van der Waals surface area contributed by atoms with E-state index in [1.165, 1.54) is 0 Å². The quantitative estimate of drug-likeness (QED) is 0.919. The van der Waals surface area contributed by atoms with E-state index in [-0.39, 0.29) is 12.4 Å². The van der Waals surface area contributed by atoms with Crippen molar-refractivity contribution in [3.05, 3.63) is 33.8 Å². The molecular weight excluding hydrogens is 266 g/mol. The lowest BCUT2D eigenvalue weighted by Gasteiger charge is -2.23. The lowest BCUT2D eigenvalue weighted by atomic mass is 10.2. The van der Waals surface area contributed by atoms with Crippen LogP contribution in [0.4, 0.5) is 0 Å². The smallest absolute Gasteiger partial charge is 0.0452 e. The summed E-state index contributed by atoms with van der Waals surface area (Å²) in [5.74, 6) is 0. The highest BCUT2D eigenvalue weighted by atomic mass is 35.5. The van der Waals surface area contributed by atoms with Gasteiger partial charge in [0.05, 0.1) is 0 Å². The third-order valence-electron chi connectivity index (χ3n) is 2.52. The van der Waals surface area contributed by atoms with Crippen LogP contribution >= 0.6 is 35.6 Å². The first-order valence-corrected chi connectivity index (χ1v) is 5.64. The molecule has 0 heterocycles. The molecule has 2 N–H and O–H groups in total. The number of likely N-dealkylation sites (N-methyl/N-ethyl adjacent to an activating group) is 1. The van der Waals surface area contributed by atoms with Gasteiger partial charge in [-0.3, -0.25) is 4.90 Å². The Kier molecular flexibility index (Phi) is 7.36. The number of benzene rings is 1. The summed E-state index contributed by atoms with van der Waals surface area (Å²) in [6.45, 7) is 3.48. The highest BCUT2D eigenvalue weighted by Gasteiger charge is 2.09. The number of hydrogen-bond acceptors (Lipinski definition) is 2. The molecule has 0 aliphatic rings. The number of hydrogen-bond donors (Lipinski definition) is 1. The van der Waals surface area contributed by atoms with E-state index in [4.69, 9.17) is 28.9 Å². The second-order valence-electron chi connectivity index (χ2n) is 3.74. The molecule has 0 radical (unpaired) electrons. The molecule has 0 saturated heterocycles. The SMILES string of the molecule is CC(CN)N(C)Cc1cc(Cl)ccc1Cl.Cl. The van der Waals surface area contributed by atoms with Crippen molar-refractivity contribution in [2.45, 2.75) is 19.5 Å². The first kappa shape index (κ1) is 16.0. The standard InChI is InChI=1S/C11H16Cl2N2.ClH/c1-8(6-14)15(2)7-9-5-10(12)3-4-11(9)13;/h3-5,8H,6-7,14H2,1-2H3;1H. The van der Waals surface area contributed by atoms with Crippen LogP contribution in [0.25, 0.3) is 0 Å². The maximum Gasteiger partial charge on any atom is 0.0452 e. The summed E-state index contributed by atoms with van der Waals surface area (Å²) >= 11 is 12.0. The zero-order valence-electron chi connectivity index (χ0n) is 9.41. The fourth-order valence-electron chi connectivity index (χ4n) is 1.27. The molecule has 1 unspecified atom stereocenters. The summed E-state index contributed by atoms with van der Waals surface area (Å²) in [5, 5.41) is 1.46. The van der Waals surface area contributed by atoms with E-state index >= 15 is 0 Å². The first-order chi connectivity index (χ1) is 7.04. The van der Waals surface area contributed by atoms with Crippen LogP contribution in [0, 0.1) is 0 Å². The first-order valence-electron chi connectivity index (χ1n) is 4.89. The maximum absolute atomic E-state index is 6.07. The Morgan fingerprint density at radius 2 is 2.00 bits per heavy atom. The molecule has 0 spiro atoms. The molecular formula is C11H17Cl3N2. The Bertz CT molecular complexity index is 331. The van der Waals surface area contributed by atoms with E-state index in [2.05, 4.69) is 11.8 Å². The minimum atomic E-state index is 0. The molecule has 0 bridgehead atoms. The molecule has 0 amide bonds. The normalized spacial score (nSPS) is 12.4. The Morgan fingerprint density at radius 3 is 2.56 bits per heavy atom. The zero-order chi connectivity index (χ0) is 11.4. The van der Waals surface area contributed by atoms with Crippen LogP contribution < -0.4 is 5.73 Å². The van der Waals surface area contributed by atoms with E-state index in [0.717, 1.165) is 17.1 Å². The predicted molar refractivity (Wildman–Crippen MR) is 73.7 cm³/mol. The van der Waals surface area contributed by atoms with Crippen molar-refractivity contribution in [2.75, 3.05) is 13.6 Å². The Balaban J connectivity index is 0.00000225. The second kappa shape index (κ2) is 7.36. The van der Waals surface area contributed by atoms with Crippen LogP contribution in [-0.4, -0.2) is 24.5 Å². The van der Waals surface area contributed by atoms with E-state index in [9.17, 15) is 0 Å². The summed E-state index contributed by atoms with van der Waals surface area (Å²) in [4.78, 5) is 2.15. The molecule has 1 aromatic rings. The summed E-state index contributed by atoms with van der Waals surface area (Å²) in [7, 11) is 2.02. The number of nitrogens with two attached hydrogens (primary N) is 1. The summed E-state index contributed by atoms with van der Waals surface area (Å²) in [6.07, 6.45) is 0. The Morgan fingerprint density at radius 1 is 1.38 bits per heavy atom. The lowest BCUT2D eigenvalue weighted by molar-refractivity contribution is 0.255. The molecule has 5 heteroatoms. The second-order valence-corrected chi connectivity index (χ2v) is 4.58. The van der Waals surface area contributed by atoms with Crippen molar-refractivity contribution in [3.63, 3.8) is 0 Å². The molecule has 2 nitrogen and oxygen atoms in total. The highest BCUT2D eigenvalue weighted by Crippen LogP contribution is 2.22. The van der Waals surface area contributed by atoms with Gasteiger partial charge in [0.25, 0.3) is 0 Å². The monoisotopic (exact) mass is 282 g/mol. The van der Waals surface area contributed by atoms with Gasteiger partial charge in [-0.25, -0.2) is 0 Å². The van der Waals surface area contributed by atoms with Crippen molar-refractivity contribution in [3.8, 4) is 0 Å². The highest BCUT2D eigenvalue weighted by molar-refractivity contribution is 6.33. The van der Waals surface area contributed by atoms with Crippen molar-refractivity contribution < 1.29 is 0 Å². The molecule has 16 heavy (non-hydrogen) atoms. The van der Waals surface area contributed by atoms with E-state index in [1.54, 1.807) is 6.07 Å². The van der Waals surface area contributed by atoms with Gasteiger partial charge in [0, 0.05) is 29.2 Å². The van der Waals surface area contributed by atoms with E-state index < -0.39 is 0 Å². The van der Waals surface area contributed by atoms with Gasteiger partial charge in [-0.05, 0) is 37.7 Å². The molecule has 0 saturated carbocycles. The van der Waals surface area contributed by atoms with Crippen LogP contribution in [0.1, 0.15) is 12.5 Å². The van der Waals surface area contributed by atoms with Crippen molar-refractivity contribution >= 4 is 35.6 Å². The van der Waals surface area contributed by atoms with Crippen LogP contribution in [0.15, 0.2) is 18.2 Å². The molecule has 0 fully saturated rings. The van der Waals surface area contributed by atoms with Gasteiger partial charge in [0.15, 0.2) is 0 Å². The summed E-state index contributed by atoms with van der Waals surface area (Å²) < 4.78 is 0. The summed E-state index contributed by atoms with van der Waals surface area (Å²) in [5.41, 5.74) is 6.63. The fourth-order valence-corrected chi connectivity index (χ4v) is 1.64. The topological polar surface area (TPSA) is 29.3 Å². The van der Waals surface area contributed by atoms with Crippen molar-refractivity contribution in [1.29, 1.82) is 0 Å². The lowest BCUT2D eigenvalue weighted by Crippen LogP contribution is -2.34. The third-order valence-corrected chi connectivity index (χ3v) is 3.12. The summed E-state index contributed by atoms with van der Waals surface area (Å²) in [6, 6.07) is 5.84. The van der Waals surface area contributed by atoms with Crippen LogP contribution in [-0.2, 0) is 6.54 Å². The minimum absolute atomic E-state index is 0. The van der Waals surface area contributed by atoms with Crippen molar-refractivity contribution in [1.82, 2.24) is 4.90 Å². The van der Waals surface area contributed by atoms with Gasteiger partial charge < -0.3 is 5.73 Å². The number of halogens is 3. The van der Waals surface area contributed by atoms with Gasteiger partial charge in [-0.15, -0.1) is 12.4 Å². The molecule has 0 aromatic heterocycles. The number of nitrogens with zero attached hydrogens (tertiary/aromatic N) is 1. The van der Waals surface area contributed by atoms with Crippen LogP contribution in [0.2, 0.25) is 10.0 Å². The Hall–Kier alpha value is 0.01000. The predicted octanol–water partition coefficient (Wildman–Crippen LogP) is 3.19.